The fourth-order valence-electron chi connectivity index (χ4n) is 5.46. The number of likely N-dealkylation sites (tertiary alicyclic amines) is 1. The van der Waals surface area contributed by atoms with Gasteiger partial charge in [0.1, 0.15) is 23.0 Å². The average Bonchev–Trinajstić information content (AvgIpc) is 3.46. The van der Waals surface area contributed by atoms with Gasteiger partial charge in [0.2, 0.25) is 0 Å². The van der Waals surface area contributed by atoms with E-state index in [4.69, 9.17) is 21.8 Å². The number of hydrogen-bond donors (Lipinski definition) is 1. The van der Waals surface area contributed by atoms with Gasteiger partial charge in [0.15, 0.2) is 5.78 Å². The topological polar surface area (TPSA) is 89.4 Å². The summed E-state index contributed by atoms with van der Waals surface area (Å²) in [7, 11) is 0. The summed E-state index contributed by atoms with van der Waals surface area (Å²) in [6.07, 6.45) is 4.63. The number of rotatable bonds is 8. The number of hydrogen-bond acceptors (Lipinski definition) is 5. The van der Waals surface area contributed by atoms with Crippen molar-refractivity contribution in [2.75, 3.05) is 18.8 Å². The molecule has 1 aliphatic rings. The maximum Gasteiger partial charge on any atom is 0.253 e. The van der Waals surface area contributed by atoms with Crippen LogP contribution in [0.2, 0.25) is 5.02 Å². The van der Waals surface area contributed by atoms with Gasteiger partial charge in [-0.15, -0.1) is 0 Å². The fourth-order valence-corrected chi connectivity index (χ4v) is 5.73. The van der Waals surface area contributed by atoms with E-state index in [0.717, 1.165) is 22.1 Å². The van der Waals surface area contributed by atoms with Crippen LogP contribution in [0.15, 0.2) is 89.5 Å². The first kappa shape index (κ1) is 31.1. The van der Waals surface area contributed by atoms with Gasteiger partial charge < -0.3 is 15.1 Å². The van der Waals surface area contributed by atoms with E-state index < -0.39 is 11.7 Å². The smallest absolute Gasteiger partial charge is 0.253 e. The van der Waals surface area contributed by atoms with Gasteiger partial charge in [-0.3, -0.25) is 9.59 Å². The van der Waals surface area contributed by atoms with Crippen LogP contribution in [0, 0.1) is 5.82 Å². The summed E-state index contributed by atoms with van der Waals surface area (Å²) in [6.45, 7) is 0.0214. The predicted octanol–water partition coefficient (Wildman–Crippen LogP) is 8.62. The lowest BCUT2D eigenvalue weighted by Gasteiger charge is -2.31. The number of benzene rings is 3. The number of ketones is 1. The number of nitrogens with zero attached hydrogens (tertiary/aromatic N) is 2. The summed E-state index contributed by atoms with van der Waals surface area (Å²) in [4.78, 5) is 31.0. The molecule has 1 saturated heterocycles. The second-order valence-electron chi connectivity index (χ2n) is 11.3. The number of pyridine rings is 1. The molecule has 5 aromatic rings. The number of furan rings is 1. The predicted molar refractivity (Wildman–Crippen MR) is 173 cm³/mol. The van der Waals surface area contributed by atoms with Crippen LogP contribution in [0.4, 0.5) is 19.0 Å². The maximum absolute atomic E-state index is 13.9. The van der Waals surface area contributed by atoms with Gasteiger partial charge in [0.05, 0.1) is 5.02 Å². The van der Waals surface area contributed by atoms with E-state index in [-0.39, 0.29) is 49.1 Å². The molecule has 6 rings (SSSR count). The van der Waals surface area contributed by atoms with E-state index in [1.54, 1.807) is 54.7 Å². The molecule has 1 fully saturated rings. The fraction of sp³-hybridized carbons (Fsp3) is 0.194. The van der Waals surface area contributed by atoms with Crippen LogP contribution in [0.5, 0.6) is 0 Å². The first-order chi connectivity index (χ1) is 22.0. The van der Waals surface area contributed by atoms with Crippen LogP contribution >= 0.6 is 11.6 Å². The van der Waals surface area contributed by atoms with E-state index in [2.05, 4.69) is 4.98 Å². The largest absolute Gasteiger partial charge is 0.460 e. The van der Waals surface area contributed by atoms with Gasteiger partial charge in [-0.2, -0.15) is 0 Å². The third kappa shape index (κ3) is 7.00. The van der Waals surface area contributed by atoms with Crippen LogP contribution in [-0.2, 0) is 11.2 Å². The molecular formula is C36H29ClF3N3O3. The Bertz CT molecular complexity index is 1940. The third-order valence-corrected chi connectivity index (χ3v) is 8.34. The van der Waals surface area contributed by atoms with Crippen molar-refractivity contribution in [1.82, 2.24) is 9.88 Å². The summed E-state index contributed by atoms with van der Waals surface area (Å²) >= 11 is 6.48. The van der Waals surface area contributed by atoms with Crippen molar-refractivity contribution < 1.29 is 27.2 Å². The van der Waals surface area contributed by atoms with Crippen LogP contribution < -0.4 is 5.73 Å². The van der Waals surface area contributed by atoms with Gasteiger partial charge in [0.25, 0.3) is 11.8 Å². The molecule has 6 nitrogen and oxygen atoms in total. The van der Waals surface area contributed by atoms with Gasteiger partial charge >= 0.3 is 0 Å². The maximum atomic E-state index is 13.9. The minimum Gasteiger partial charge on any atom is -0.460 e. The molecule has 1 aliphatic heterocycles. The van der Waals surface area contributed by atoms with E-state index in [1.807, 2.05) is 18.2 Å². The van der Waals surface area contributed by atoms with Crippen LogP contribution in [0.1, 0.15) is 40.9 Å². The second kappa shape index (κ2) is 12.8. The Labute approximate surface area is 268 Å². The van der Waals surface area contributed by atoms with Crippen molar-refractivity contribution >= 4 is 46.2 Å². The van der Waals surface area contributed by atoms with Crippen molar-refractivity contribution in [2.24, 2.45) is 0 Å². The molecule has 0 atom stereocenters. The summed E-state index contributed by atoms with van der Waals surface area (Å²) in [5.41, 5.74) is 10.1. The normalized spacial score (nSPS) is 14.7. The molecule has 0 saturated carbocycles. The molecule has 0 radical (unpaired) electrons. The first-order valence-corrected chi connectivity index (χ1v) is 15.1. The quantitative estimate of drug-likeness (QED) is 0.171. The van der Waals surface area contributed by atoms with Gasteiger partial charge in [-0.1, -0.05) is 23.7 Å². The van der Waals surface area contributed by atoms with Gasteiger partial charge in [-0.05, 0) is 89.5 Å². The van der Waals surface area contributed by atoms with Crippen molar-refractivity contribution in [1.29, 1.82) is 0 Å². The standard InChI is InChI=1S/C36H29ClF3N3O3/c37-32-20-27(38)7-11-30(32)31-19-25(23-3-5-24(6-4-23)35(45)43-15-13-36(39,40)14-16-43)17-26-18-29(46-34(26)31)10-9-28(44)8-1-22-2-12-33(41)42-21-22/h1-8,11-12,17-21H,9-10,13-16H2,(H2,41,42)/b8-1+. The number of nitrogen functional groups attached to an aromatic ring is 1. The highest BCUT2D eigenvalue weighted by atomic mass is 35.5. The zero-order valence-electron chi connectivity index (χ0n) is 24.6. The molecular weight excluding hydrogens is 615 g/mol. The number of aromatic nitrogens is 1. The van der Waals surface area contributed by atoms with Crippen molar-refractivity contribution in [2.45, 2.75) is 31.6 Å². The SMILES string of the molecule is Nc1ccc(/C=C/C(=O)CCc2cc3cc(-c4ccc(C(=O)N5CCC(F)(F)CC5)cc4)cc(-c4ccc(F)cc4Cl)c3o2)cn1. The highest BCUT2D eigenvalue weighted by molar-refractivity contribution is 6.33. The number of alkyl halides is 2. The minimum absolute atomic E-state index is 0.0107. The molecule has 1 amide bonds. The number of amides is 1. The lowest BCUT2D eigenvalue weighted by molar-refractivity contribution is -0.114. The lowest BCUT2D eigenvalue weighted by Crippen LogP contribution is -2.42. The number of piperidine rings is 1. The number of carbonyl (C=O) groups is 2. The molecule has 234 valence electrons. The Balaban J connectivity index is 1.27. The Morgan fingerprint density at radius 2 is 1.72 bits per heavy atom. The highest BCUT2D eigenvalue weighted by Crippen LogP contribution is 2.39. The average molecular weight is 644 g/mol. The Morgan fingerprint density at radius 3 is 2.41 bits per heavy atom. The summed E-state index contributed by atoms with van der Waals surface area (Å²) in [5.74, 6) is -2.59. The van der Waals surface area contributed by atoms with E-state index in [0.29, 0.717) is 40.3 Å². The van der Waals surface area contributed by atoms with Crippen molar-refractivity contribution in [3.8, 4) is 22.3 Å². The van der Waals surface area contributed by atoms with Crippen LogP contribution in [0.3, 0.4) is 0 Å². The molecule has 46 heavy (non-hydrogen) atoms. The number of nitrogens with two attached hydrogens (primary N) is 1. The van der Waals surface area contributed by atoms with Crippen LogP contribution in [-0.4, -0.2) is 40.6 Å². The van der Waals surface area contributed by atoms with Gasteiger partial charge in [-0.25, -0.2) is 18.2 Å². The minimum atomic E-state index is -2.74. The molecule has 3 heterocycles. The number of carbonyl (C=O) groups excluding carboxylic acids is 2. The van der Waals surface area contributed by atoms with E-state index in [9.17, 15) is 22.8 Å². The van der Waals surface area contributed by atoms with E-state index in [1.165, 1.54) is 23.1 Å². The summed E-state index contributed by atoms with van der Waals surface area (Å²) in [6, 6.07) is 20.2. The zero-order valence-corrected chi connectivity index (χ0v) is 25.4. The lowest BCUT2D eigenvalue weighted by atomic mass is 9.96. The van der Waals surface area contributed by atoms with Crippen LogP contribution in [0.25, 0.3) is 39.3 Å². The Morgan fingerprint density at radius 1 is 0.957 bits per heavy atom. The first-order valence-electron chi connectivity index (χ1n) is 14.8. The number of aryl methyl sites for hydroxylation is 1. The van der Waals surface area contributed by atoms with Crippen molar-refractivity contribution in [3.63, 3.8) is 0 Å². The molecule has 2 N–H and O–H groups in total. The Kier molecular flexibility index (Phi) is 8.69. The van der Waals surface area contributed by atoms with E-state index >= 15 is 0 Å². The number of allylic oxidation sites excluding steroid dienone is 1. The molecule has 0 spiro atoms. The van der Waals surface area contributed by atoms with Gasteiger partial charge in [0, 0.05) is 67.0 Å². The summed E-state index contributed by atoms with van der Waals surface area (Å²) in [5, 5.41) is 0.968. The molecule has 2 aromatic heterocycles. The molecule has 0 bridgehead atoms. The Hall–Kier alpha value is -4.89. The van der Waals surface area contributed by atoms with Crippen molar-refractivity contribution in [3.05, 3.63) is 113 Å². The molecule has 3 aromatic carbocycles. The third-order valence-electron chi connectivity index (χ3n) is 8.02. The number of anilines is 1. The monoisotopic (exact) mass is 643 g/mol. The zero-order chi connectivity index (χ0) is 32.4. The molecule has 10 heteroatoms. The number of fused-ring (bicyclic) bond motifs is 1. The molecule has 0 unspecified atom stereocenters. The highest BCUT2D eigenvalue weighted by Gasteiger charge is 2.35. The molecule has 0 aliphatic carbocycles. The summed E-state index contributed by atoms with van der Waals surface area (Å²) < 4.78 is 47.3. The number of halogens is 4. The second-order valence-corrected chi connectivity index (χ2v) is 11.7.